The second-order valence-electron chi connectivity index (χ2n) is 6.10. The fourth-order valence-corrected chi connectivity index (χ4v) is 2.17. The van der Waals surface area contributed by atoms with Crippen molar-refractivity contribution in [1.29, 1.82) is 0 Å². The third-order valence-electron chi connectivity index (χ3n) is 3.22. The topological polar surface area (TPSA) is 57.0 Å². The molecular weight excluding hydrogens is 314 g/mol. The van der Waals surface area contributed by atoms with Gasteiger partial charge in [-0.25, -0.2) is 9.67 Å². The Labute approximate surface area is 140 Å². The molecule has 0 aliphatic carbocycles. The highest BCUT2D eigenvalue weighted by Crippen LogP contribution is 2.25. The standard InChI is InChI=1S/C17H20ClN3O2/c1-17(2,3)16(22)14(21-12-19-11-20-21)8-6-10-23-15-9-5-4-7-13(15)18/h4-9,11-12,14H,10H2,1-3H3/b8-6-. The molecule has 0 amide bonds. The van der Waals surface area contributed by atoms with Crippen molar-refractivity contribution in [2.75, 3.05) is 6.61 Å². The van der Waals surface area contributed by atoms with Gasteiger partial charge in [-0.15, -0.1) is 0 Å². The molecule has 0 bridgehead atoms. The van der Waals surface area contributed by atoms with Crippen LogP contribution in [0.25, 0.3) is 0 Å². The molecule has 5 nitrogen and oxygen atoms in total. The van der Waals surface area contributed by atoms with Crippen LogP contribution < -0.4 is 4.74 Å². The number of rotatable bonds is 6. The van der Waals surface area contributed by atoms with Gasteiger partial charge in [0.05, 0.1) is 5.02 Å². The van der Waals surface area contributed by atoms with E-state index in [-0.39, 0.29) is 5.78 Å². The van der Waals surface area contributed by atoms with Crippen LogP contribution in [0.2, 0.25) is 5.02 Å². The number of allylic oxidation sites excluding steroid dienone is 1. The van der Waals surface area contributed by atoms with E-state index in [1.165, 1.54) is 12.7 Å². The molecule has 1 aromatic heterocycles. The molecular formula is C17H20ClN3O2. The van der Waals surface area contributed by atoms with E-state index >= 15 is 0 Å². The summed E-state index contributed by atoms with van der Waals surface area (Å²) >= 11 is 6.03. The van der Waals surface area contributed by atoms with Gasteiger partial charge < -0.3 is 4.74 Å². The summed E-state index contributed by atoms with van der Waals surface area (Å²) in [7, 11) is 0. The van der Waals surface area contributed by atoms with Crippen molar-refractivity contribution < 1.29 is 9.53 Å². The number of carbonyl (C=O) groups is 1. The Morgan fingerprint density at radius 1 is 1.39 bits per heavy atom. The number of ether oxygens (including phenoxy) is 1. The van der Waals surface area contributed by atoms with E-state index in [2.05, 4.69) is 10.1 Å². The van der Waals surface area contributed by atoms with Crippen LogP contribution in [-0.4, -0.2) is 27.2 Å². The van der Waals surface area contributed by atoms with Crippen LogP contribution in [0.1, 0.15) is 26.8 Å². The number of carbonyl (C=O) groups excluding carboxylic acids is 1. The molecule has 0 fully saturated rings. The number of aromatic nitrogens is 3. The second kappa shape index (κ2) is 7.42. The fourth-order valence-electron chi connectivity index (χ4n) is 1.98. The van der Waals surface area contributed by atoms with Crippen molar-refractivity contribution in [2.24, 2.45) is 5.41 Å². The molecule has 0 saturated heterocycles. The maximum atomic E-state index is 12.6. The maximum absolute atomic E-state index is 12.6. The molecule has 0 aliphatic heterocycles. The van der Waals surface area contributed by atoms with Gasteiger partial charge in [-0.1, -0.05) is 50.6 Å². The Hall–Kier alpha value is -2.14. The minimum atomic E-state index is -0.507. The number of para-hydroxylation sites is 1. The van der Waals surface area contributed by atoms with E-state index in [0.717, 1.165) is 0 Å². The van der Waals surface area contributed by atoms with Gasteiger partial charge >= 0.3 is 0 Å². The SMILES string of the molecule is CC(C)(C)C(=O)C(/C=C\COc1ccccc1Cl)n1cncn1. The van der Waals surface area contributed by atoms with Gasteiger partial charge in [-0.05, 0) is 18.2 Å². The van der Waals surface area contributed by atoms with E-state index in [4.69, 9.17) is 16.3 Å². The van der Waals surface area contributed by atoms with E-state index in [9.17, 15) is 4.79 Å². The average Bonchev–Trinajstić information content (AvgIpc) is 3.01. The number of hydrogen-bond acceptors (Lipinski definition) is 4. The Morgan fingerprint density at radius 2 is 2.13 bits per heavy atom. The van der Waals surface area contributed by atoms with Gasteiger partial charge in [0.15, 0.2) is 5.78 Å². The van der Waals surface area contributed by atoms with Crippen LogP contribution in [0.4, 0.5) is 0 Å². The first-order valence-electron chi connectivity index (χ1n) is 7.32. The molecule has 0 N–H and O–H groups in total. The lowest BCUT2D eigenvalue weighted by Crippen LogP contribution is -2.29. The summed E-state index contributed by atoms with van der Waals surface area (Å²) in [6.07, 6.45) is 6.52. The molecule has 1 unspecified atom stereocenters. The largest absolute Gasteiger partial charge is 0.488 e. The van der Waals surface area contributed by atoms with Gasteiger partial charge in [0, 0.05) is 5.41 Å². The Kier molecular flexibility index (Phi) is 5.55. The molecule has 1 atom stereocenters. The van der Waals surface area contributed by atoms with Crippen molar-refractivity contribution in [2.45, 2.75) is 26.8 Å². The number of halogens is 1. The Balaban J connectivity index is 2.06. The molecule has 0 spiro atoms. The van der Waals surface area contributed by atoms with Crippen LogP contribution in [-0.2, 0) is 4.79 Å². The van der Waals surface area contributed by atoms with E-state index < -0.39 is 11.5 Å². The monoisotopic (exact) mass is 333 g/mol. The highest BCUT2D eigenvalue weighted by atomic mass is 35.5. The normalized spacial score (nSPS) is 13.2. The summed E-state index contributed by atoms with van der Waals surface area (Å²) in [6, 6.07) is 6.75. The number of ketones is 1. The first-order chi connectivity index (χ1) is 10.9. The minimum Gasteiger partial charge on any atom is -0.488 e. The number of benzene rings is 1. The van der Waals surface area contributed by atoms with Crippen molar-refractivity contribution in [3.63, 3.8) is 0 Å². The zero-order valence-corrected chi connectivity index (χ0v) is 14.2. The second-order valence-corrected chi connectivity index (χ2v) is 6.51. The summed E-state index contributed by atoms with van der Waals surface area (Å²) in [6.45, 7) is 5.96. The highest BCUT2D eigenvalue weighted by Gasteiger charge is 2.29. The fraction of sp³-hybridized carbons (Fsp3) is 0.353. The van der Waals surface area contributed by atoms with Crippen molar-refractivity contribution in [3.05, 3.63) is 54.1 Å². The predicted molar refractivity (Wildman–Crippen MR) is 89.6 cm³/mol. The van der Waals surface area contributed by atoms with Crippen molar-refractivity contribution in [1.82, 2.24) is 14.8 Å². The third-order valence-corrected chi connectivity index (χ3v) is 3.53. The van der Waals surface area contributed by atoms with Crippen LogP contribution in [0, 0.1) is 5.41 Å². The maximum Gasteiger partial charge on any atom is 0.166 e. The third kappa shape index (κ3) is 4.66. The van der Waals surface area contributed by atoms with Crippen LogP contribution >= 0.6 is 11.6 Å². The quantitative estimate of drug-likeness (QED) is 0.756. The highest BCUT2D eigenvalue weighted by molar-refractivity contribution is 6.32. The minimum absolute atomic E-state index is 0.0528. The predicted octanol–water partition coefficient (Wildman–Crippen LogP) is 3.72. The number of hydrogen-bond donors (Lipinski definition) is 0. The lowest BCUT2D eigenvalue weighted by atomic mass is 9.86. The summed E-state index contributed by atoms with van der Waals surface area (Å²) in [5.74, 6) is 0.662. The van der Waals surface area contributed by atoms with Gasteiger partial charge in [-0.2, -0.15) is 5.10 Å². The summed E-state index contributed by atoms with van der Waals surface area (Å²) < 4.78 is 7.14. The van der Waals surface area contributed by atoms with E-state index in [0.29, 0.717) is 17.4 Å². The molecule has 23 heavy (non-hydrogen) atoms. The average molecular weight is 334 g/mol. The van der Waals surface area contributed by atoms with Crippen molar-refractivity contribution >= 4 is 17.4 Å². The molecule has 2 aromatic rings. The smallest absolute Gasteiger partial charge is 0.166 e. The molecule has 0 aliphatic rings. The lowest BCUT2D eigenvalue weighted by molar-refractivity contribution is -0.128. The summed E-state index contributed by atoms with van der Waals surface area (Å²) in [5.41, 5.74) is -0.482. The Bertz CT molecular complexity index is 675. The van der Waals surface area contributed by atoms with Crippen LogP contribution in [0.5, 0.6) is 5.75 Å². The van der Waals surface area contributed by atoms with Gasteiger partial charge in [-0.3, -0.25) is 4.79 Å². The zero-order valence-electron chi connectivity index (χ0n) is 13.4. The molecule has 0 radical (unpaired) electrons. The molecule has 1 aromatic carbocycles. The molecule has 2 rings (SSSR count). The van der Waals surface area contributed by atoms with Gasteiger partial charge in [0.2, 0.25) is 0 Å². The summed E-state index contributed by atoms with van der Waals surface area (Å²) in [4.78, 5) is 16.5. The van der Waals surface area contributed by atoms with Gasteiger partial charge in [0.1, 0.15) is 31.1 Å². The van der Waals surface area contributed by atoms with Crippen LogP contribution in [0.15, 0.2) is 49.1 Å². The molecule has 122 valence electrons. The molecule has 6 heteroatoms. The lowest BCUT2D eigenvalue weighted by Gasteiger charge is -2.22. The van der Waals surface area contributed by atoms with Crippen molar-refractivity contribution in [3.8, 4) is 5.75 Å². The summed E-state index contributed by atoms with van der Waals surface area (Å²) in [5, 5.41) is 4.63. The van der Waals surface area contributed by atoms with Gasteiger partial charge in [0.25, 0.3) is 0 Å². The zero-order chi connectivity index (χ0) is 16.9. The first kappa shape index (κ1) is 17.2. The molecule has 1 heterocycles. The first-order valence-corrected chi connectivity index (χ1v) is 7.70. The Morgan fingerprint density at radius 3 is 2.74 bits per heavy atom. The number of nitrogens with zero attached hydrogens (tertiary/aromatic N) is 3. The van der Waals surface area contributed by atoms with E-state index in [1.54, 1.807) is 29.0 Å². The van der Waals surface area contributed by atoms with Crippen LogP contribution in [0.3, 0.4) is 0 Å². The molecule has 0 saturated carbocycles. The number of Topliss-reactive ketones (excluding diaryl/α,β-unsaturated/α-hetero) is 1. The van der Waals surface area contributed by atoms with E-state index in [1.807, 2.05) is 32.9 Å².